The molecule has 5 nitrogen and oxygen atoms in total. The highest BCUT2D eigenvalue weighted by Gasteiger charge is 2.38. The fourth-order valence-electron chi connectivity index (χ4n) is 2.56. The maximum Gasteiger partial charge on any atom is 0.240 e. The van der Waals surface area contributed by atoms with Crippen molar-refractivity contribution >= 4 is 5.91 Å². The number of amides is 1. The van der Waals surface area contributed by atoms with Crippen LogP contribution in [0.25, 0.3) is 0 Å². The van der Waals surface area contributed by atoms with Crippen LogP contribution in [0.2, 0.25) is 0 Å². The maximum atomic E-state index is 12.3. The van der Waals surface area contributed by atoms with Gasteiger partial charge in [-0.1, -0.05) is 30.8 Å². The Hall–Kier alpha value is -1.83. The van der Waals surface area contributed by atoms with Crippen LogP contribution in [0.4, 0.5) is 0 Å². The molecule has 1 aliphatic carbocycles. The third-order valence-electron chi connectivity index (χ3n) is 3.71. The SMILES string of the molecule is Cc1cc(CNC(=O)C2(C#N)CCCCCC2)no1. The highest BCUT2D eigenvalue weighted by molar-refractivity contribution is 5.85. The van der Waals surface area contributed by atoms with E-state index in [9.17, 15) is 10.1 Å². The van der Waals surface area contributed by atoms with Gasteiger partial charge in [0.15, 0.2) is 0 Å². The van der Waals surface area contributed by atoms with E-state index < -0.39 is 5.41 Å². The summed E-state index contributed by atoms with van der Waals surface area (Å²) in [5, 5.41) is 16.0. The summed E-state index contributed by atoms with van der Waals surface area (Å²) in [7, 11) is 0. The molecule has 1 fully saturated rings. The lowest BCUT2D eigenvalue weighted by atomic mass is 9.81. The Morgan fingerprint density at radius 3 is 2.68 bits per heavy atom. The van der Waals surface area contributed by atoms with Gasteiger partial charge in [-0.2, -0.15) is 5.26 Å². The number of nitriles is 1. The molecule has 19 heavy (non-hydrogen) atoms. The highest BCUT2D eigenvalue weighted by Crippen LogP contribution is 2.34. The van der Waals surface area contributed by atoms with Crippen molar-refractivity contribution in [3.05, 3.63) is 17.5 Å². The summed E-state index contributed by atoms with van der Waals surface area (Å²) >= 11 is 0. The lowest BCUT2D eigenvalue weighted by molar-refractivity contribution is -0.129. The molecular formula is C14H19N3O2. The first kappa shape index (κ1) is 13.6. The fraction of sp³-hybridized carbons (Fsp3) is 0.643. The average molecular weight is 261 g/mol. The standard InChI is InChI=1S/C14H19N3O2/c1-11-8-12(17-19-11)9-16-13(18)14(10-15)6-4-2-3-5-7-14/h8H,2-7,9H2,1H3,(H,16,18). The Morgan fingerprint density at radius 2 is 2.16 bits per heavy atom. The van der Waals surface area contributed by atoms with Crippen molar-refractivity contribution in [2.45, 2.75) is 52.0 Å². The van der Waals surface area contributed by atoms with Gasteiger partial charge in [-0.05, 0) is 19.8 Å². The molecule has 1 amide bonds. The molecular weight excluding hydrogens is 242 g/mol. The fourth-order valence-corrected chi connectivity index (χ4v) is 2.56. The number of aromatic nitrogens is 1. The topological polar surface area (TPSA) is 78.9 Å². The van der Waals surface area contributed by atoms with E-state index >= 15 is 0 Å². The van der Waals surface area contributed by atoms with E-state index in [4.69, 9.17) is 4.52 Å². The highest BCUT2D eigenvalue weighted by atomic mass is 16.5. The Bertz CT molecular complexity index is 479. The maximum absolute atomic E-state index is 12.3. The van der Waals surface area contributed by atoms with E-state index in [1.54, 1.807) is 13.0 Å². The van der Waals surface area contributed by atoms with Crippen molar-refractivity contribution in [3.8, 4) is 6.07 Å². The molecule has 0 saturated heterocycles. The van der Waals surface area contributed by atoms with Crippen LogP contribution in [0.1, 0.15) is 50.0 Å². The van der Waals surface area contributed by atoms with Gasteiger partial charge in [0, 0.05) is 6.07 Å². The molecule has 1 N–H and O–H groups in total. The van der Waals surface area contributed by atoms with Gasteiger partial charge in [-0.15, -0.1) is 0 Å². The number of nitrogens with zero attached hydrogens (tertiary/aromatic N) is 2. The van der Waals surface area contributed by atoms with Crippen molar-refractivity contribution in [1.29, 1.82) is 5.26 Å². The van der Waals surface area contributed by atoms with E-state index in [-0.39, 0.29) is 5.91 Å². The second kappa shape index (κ2) is 5.87. The summed E-state index contributed by atoms with van der Waals surface area (Å²) in [5.74, 6) is 0.547. The van der Waals surface area contributed by atoms with Crippen molar-refractivity contribution in [2.24, 2.45) is 5.41 Å². The summed E-state index contributed by atoms with van der Waals surface area (Å²) in [6.45, 7) is 2.12. The van der Waals surface area contributed by atoms with Crippen molar-refractivity contribution in [3.63, 3.8) is 0 Å². The molecule has 1 heterocycles. The molecule has 0 atom stereocenters. The first-order valence-corrected chi connectivity index (χ1v) is 6.78. The normalized spacial score (nSPS) is 18.3. The molecule has 1 aromatic rings. The number of carbonyl (C=O) groups excluding carboxylic acids is 1. The van der Waals surface area contributed by atoms with Gasteiger partial charge in [-0.25, -0.2) is 0 Å². The van der Waals surface area contributed by atoms with Gasteiger partial charge in [0.2, 0.25) is 5.91 Å². The van der Waals surface area contributed by atoms with Crippen molar-refractivity contribution in [2.75, 3.05) is 0 Å². The summed E-state index contributed by atoms with van der Waals surface area (Å²) < 4.78 is 4.95. The predicted molar refractivity (Wildman–Crippen MR) is 68.8 cm³/mol. The van der Waals surface area contributed by atoms with Crippen LogP contribution in [0.15, 0.2) is 10.6 Å². The van der Waals surface area contributed by atoms with Gasteiger partial charge >= 0.3 is 0 Å². The molecule has 0 aromatic carbocycles. The first-order chi connectivity index (χ1) is 9.16. The Labute approximate surface area is 113 Å². The van der Waals surface area contributed by atoms with Crippen LogP contribution in [0.3, 0.4) is 0 Å². The summed E-state index contributed by atoms with van der Waals surface area (Å²) in [4.78, 5) is 12.3. The van der Waals surface area contributed by atoms with Gasteiger partial charge in [0.05, 0.1) is 12.6 Å². The van der Waals surface area contributed by atoms with Crippen LogP contribution in [0.5, 0.6) is 0 Å². The Morgan fingerprint density at radius 1 is 1.47 bits per heavy atom. The quantitative estimate of drug-likeness (QED) is 0.848. The van der Waals surface area contributed by atoms with Crippen LogP contribution < -0.4 is 5.32 Å². The van der Waals surface area contributed by atoms with Crippen molar-refractivity contribution in [1.82, 2.24) is 10.5 Å². The summed E-state index contributed by atoms with van der Waals surface area (Å²) in [6, 6.07) is 4.03. The molecule has 0 spiro atoms. The van der Waals surface area contributed by atoms with E-state index in [1.165, 1.54) is 0 Å². The summed E-state index contributed by atoms with van der Waals surface area (Å²) in [6.07, 6.45) is 5.44. The molecule has 1 aromatic heterocycles. The van der Waals surface area contributed by atoms with E-state index in [0.717, 1.165) is 25.7 Å². The zero-order chi connectivity index (χ0) is 13.7. The minimum atomic E-state index is -0.852. The van der Waals surface area contributed by atoms with Crippen LogP contribution in [0, 0.1) is 23.7 Å². The molecule has 1 saturated carbocycles. The number of aryl methyl sites for hydroxylation is 1. The molecule has 0 radical (unpaired) electrons. The molecule has 2 rings (SSSR count). The number of nitrogens with one attached hydrogen (secondary N) is 1. The number of carbonyl (C=O) groups is 1. The number of hydrogen-bond donors (Lipinski definition) is 1. The number of hydrogen-bond acceptors (Lipinski definition) is 4. The smallest absolute Gasteiger partial charge is 0.240 e. The van der Waals surface area contributed by atoms with Crippen LogP contribution in [-0.4, -0.2) is 11.1 Å². The largest absolute Gasteiger partial charge is 0.361 e. The molecule has 1 aliphatic rings. The first-order valence-electron chi connectivity index (χ1n) is 6.78. The number of rotatable bonds is 3. The van der Waals surface area contributed by atoms with Gasteiger partial charge in [-0.3, -0.25) is 4.79 Å². The third-order valence-corrected chi connectivity index (χ3v) is 3.71. The second-order valence-corrected chi connectivity index (χ2v) is 5.22. The van der Waals surface area contributed by atoms with E-state index in [2.05, 4.69) is 16.5 Å². The molecule has 5 heteroatoms. The molecule has 102 valence electrons. The van der Waals surface area contributed by atoms with Gasteiger partial charge in [0.1, 0.15) is 16.9 Å². The zero-order valence-electron chi connectivity index (χ0n) is 11.2. The lowest BCUT2D eigenvalue weighted by Gasteiger charge is -2.23. The molecule has 0 aliphatic heterocycles. The van der Waals surface area contributed by atoms with Crippen molar-refractivity contribution < 1.29 is 9.32 Å². The Balaban J connectivity index is 1.98. The van der Waals surface area contributed by atoms with Crippen LogP contribution >= 0.6 is 0 Å². The van der Waals surface area contributed by atoms with E-state index in [0.29, 0.717) is 30.8 Å². The predicted octanol–water partition coefficient (Wildman–Crippen LogP) is 2.46. The minimum absolute atomic E-state index is 0.169. The van der Waals surface area contributed by atoms with Gasteiger partial charge in [0.25, 0.3) is 0 Å². The third kappa shape index (κ3) is 3.14. The molecule has 0 bridgehead atoms. The van der Waals surface area contributed by atoms with Gasteiger partial charge < -0.3 is 9.84 Å². The average Bonchev–Trinajstić information content (AvgIpc) is 2.69. The second-order valence-electron chi connectivity index (χ2n) is 5.22. The zero-order valence-corrected chi connectivity index (χ0v) is 11.2. The molecule has 0 unspecified atom stereocenters. The monoisotopic (exact) mass is 261 g/mol. The Kier molecular flexibility index (Phi) is 4.20. The van der Waals surface area contributed by atoms with E-state index in [1.807, 2.05) is 0 Å². The van der Waals surface area contributed by atoms with Crippen LogP contribution in [-0.2, 0) is 11.3 Å². The minimum Gasteiger partial charge on any atom is -0.361 e. The lowest BCUT2D eigenvalue weighted by Crippen LogP contribution is -2.39. The summed E-state index contributed by atoms with van der Waals surface area (Å²) in [5.41, 5.74) is -0.164.